The maximum Gasteiger partial charge on any atom is 0.433 e. The molecule has 0 radical (unpaired) electrons. The monoisotopic (exact) mass is 264 g/mol. The van der Waals surface area contributed by atoms with Crippen LogP contribution in [0.15, 0.2) is 10.9 Å². The summed E-state index contributed by atoms with van der Waals surface area (Å²) in [5, 5.41) is 3.17. The summed E-state index contributed by atoms with van der Waals surface area (Å²) in [6, 6.07) is 0.303. The largest absolute Gasteiger partial charge is 0.433 e. The minimum absolute atomic E-state index is 0.283. The van der Waals surface area contributed by atoms with E-state index in [1.165, 1.54) is 0 Å². The minimum atomic E-state index is -4.73. The second-order valence-corrected chi connectivity index (χ2v) is 3.90. The van der Waals surface area contributed by atoms with E-state index >= 15 is 0 Å². The molecule has 17 heavy (non-hydrogen) atoms. The van der Waals surface area contributed by atoms with Crippen molar-refractivity contribution in [2.24, 2.45) is 5.73 Å². The third-order valence-corrected chi connectivity index (χ3v) is 2.67. The van der Waals surface area contributed by atoms with E-state index in [-0.39, 0.29) is 9.97 Å². The molecule has 0 bridgehead atoms. The standard InChI is InChI=1S/C7H3F3N4O2S/c8-7(9,10)2-1-3(15)14-6(12-2)17-5(13-14)4(11)16/h1H,(H2,11,16). The molecule has 0 aromatic carbocycles. The van der Waals surface area contributed by atoms with E-state index in [9.17, 15) is 22.8 Å². The Labute approximate surface area is 94.5 Å². The number of carbonyl (C=O) groups excluding carboxylic acids is 1. The predicted octanol–water partition coefficient (Wildman–Crippen LogP) is 0.269. The Morgan fingerprint density at radius 2 is 2.12 bits per heavy atom. The molecule has 0 saturated heterocycles. The highest BCUT2D eigenvalue weighted by Gasteiger charge is 2.34. The lowest BCUT2D eigenvalue weighted by Gasteiger charge is -2.03. The van der Waals surface area contributed by atoms with Gasteiger partial charge in [0, 0.05) is 6.07 Å². The summed E-state index contributed by atoms with van der Waals surface area (Å²) in [6.45, 7) is 0. The first-order valence-corrected chi connectivity index (χ1v) is 4.88. The summed E-state index contributed by atoms with van der Waals surface area (Å²) in [7, 11) is 0. The van der Waals surface area contributed by atoms with Crippen molar-refractivity contribution in [1.82, 2.24) is 14.6 Å². The number of primary amides is 1. The third kappa shape index (κ3) is 1.98. The first-order valence-electron chi connectivity index (χ1n) is 4.07. The number of nitrogens with zero attached hydrogens (tertiary/aromatic N) is 3. The number of carbonyl (C=O) groups is 1. The van der Waals surface area contributed by atoms with Crippen LogP contribution in [0, 0.1) is 0 Å². The highest BCUT2D eigenvalue weighted by molar-refractivity contribution is 7.18. The molecule has 2 aromatic rings. The summed E-state index contributed by atoms with van der Waals surface area (Å²) >= 11 is 0.516. The molecule has 0 aliphatic carbocycles. The SMILES string of the molecule is NC(=O)c1nn2c(=O)cc(C(F)(F)F)nc2s1. The summed E-state index contributed by atoms with van der Waals surface area (Å²) in [6.07, 6.45) is -4.73. The average molecular weight is 264 g/mol. The molecule has 2 rings (SSSR count). The number of hydrogen-bond donors (Lipinski definition) is 1. The molecule has 0 fully saturated rings. The van der Waals surface area contributed by atoms with E-state index < -0.39 is 23.3 Å². The molecule has 0 saturated carbocycles. The van der Waals surface area contributed by atoms with Crippen molar-refractivity contribution in [3.05, 3.63) is 27.1 Å². The zero-order valence-corrected chi connectivity index (χ0v) is 8.67. The maximum atomic E-state index is 12.3. The van der Waals surface area contributed by atoms with Crippen molar-refractivity contribution in [2.75, 3.05) is 0 Å². The third-order valence-electron chi connectivity index (χ3n) is 1.75. The topological polar surface area (TPSA) is 90.4 Å². The van der Waals surface area contributed by atoms with Crippen molar-refractivity contribution in [3.63, 3.8) is 0 Å². The van der Waals surface area contributed by atoms with Crippen LogP contribution in [0.1, 0.15) is 15.5 Å². The Hall–Kier alpha value is -1.97. The average Bonchev–Trinajstić information content (AvgIpc) is 2.60. The maximum absolute atomic E-state index is 12.3. The van der Waals surface area contributed by atoms with Gasteiger partial charge in [-0.05, 0) is 0 Å². The molecule has 6 nitrogen and oxygen atoms in total. The molecular formula is C7H3F3N4O2S. The van der Waals surface area contributed by atoms with Crippen molar-refractivity contribution < 1.29 is 18.0 Å². The first-order chi connectivity index (χ1) is 7.79. The van der Waals surface area contributed by atoms with Crippen LogP contribution in [-0.2, 0) is 6.18 Å². The molecule has 2 N–H and O–H groups in total. The van der Waals surface area contributed by atoms with Crippen LogP contribution in [0.2, 0.25) is 0 Å². The van der Waals surface area contributed by atoms with Gasteiger partial charge in [-0.2, -0.15) is 17.7 Å². The number of halogens is 3. The van der Waals surface area contributed by atoms with Crippen LogP contribution in [0.25, 0.3) is 4.96 Å². The van der Waals surface area contributed by atoms with Crippen LogP contribution in [0.4, 0.5) is 13.2 Å². The molecular weight excluding hydrogens is 261 g/mol. The number of amides is 1. The fraction of sp³-hybridized carbons (Fsp3) is 0.143. The Balaban J connectivity index is 2.74. The second kappa shape index (κ2) is 3.52. The van der Waals surface area contributed by atoms with Gasteiger partial charge in [-0.3, -0.25) is 9.59 Å². The molecule has 1 amide bonds. The number of fused-ring (bicyclic) bond motifs is 1. The summed E-state index contributed by atoms with van der Waals surface area (Å²) in [4.78, 5) is 24.9. The molecule has 0 unspecified atom stereocenters. The zero-order chi connectivity index (χ0) is 12.8. The second-order valence-electron chi connectivity index (χ2n) is 2.94. The highest BCUT2D eigenvalue weighted by Crippen LogP contribution is 2.27. The van der Waals surface area contributed by atoms with Gasteiger partial charge in [0.15, 0.2) is 5.69 Å². The van der Waals surface area contributed by atoms with E-state index in [1.807, 2.05) is 0 Å². The van der Waals surface area contributed by atoms with Crippen LogP contribution < -0.4 is 11.3 Å². The van der Waals surface area contributed by atoms with Gasteiger partial charge in [0.25, 0.3) is 11.5 Å². The van der Waals surface area contributed by atoms with Gasteiger partial charge in [-0.25, -0.2) is 4.98 Å². The summed E-state index contributed by atoms with van der Waals surface area (Å²) in [5.74, 6) is -0.937. The van der Waals surface area contributed by atoms with Crippen LogP contribution >= 0.6 is 11.3 Å². The van der Waals surface area contributed by atoms with E-state index in [4.69, 9.17) is 5.73 Å². The molecule has 2 heterocycles. The van der Waals surface area contributed by atoms with E-state index in [0.717, 1.165) is 0 Å². The fourth-order valence-corrected chi connectivity index (χ4v) is 1.81. The number of hydrogen-bond acceptors (Lipinski definition) is 5. The van der Waals surface area contributed by atoms with Crippen LogP contribution in [-0.4, -0.2) is 20.5 Å². The molecule has 10 heteroatoms. The van der Waals surface area contributed by atoms with Gasteiger partial charge in [0.05, 0.1) is 0 Å². The molecule has 0 spiro atoms. The Bertz CT molecular complexity index is 659. The van der Waals surface area contributed by atoms with E-state index in [0.29, 0.717) is 21.9 Å². The molecule has 0 aliphatic rings. The lowest BCUT2D eigenvalue weighted by Crippen LogP contribution is -2.20. The van der Waals surface area contributed by atoms with Gasteiger partial charge >= 0.3 is 6.18 Å². The zero-order valence-electron chi connectivity index (χ0n) is 7.85. The molecule has 0 atom stereocenters. The van der Waals surface area contributed by atoms with Crippen molar-refractivity contribution in [3.8, 4) is 0 Å². The highest BCUT2D eigenvalue weighted by atomic mass is 32.1. The molecule has 90 valence electrons. The van der Waals surface area contributed by atoms with E-state index in [1.54, 1.807) is 0 Å². The van der Waals surface area contributed by atoms with Crippen molar-refractivity contribution in [2.45, 2.75) is 6.18 Å². The quantitative estimate of drug-likeness (QED) is 0.800. The fourth-order valence-electron chi connectivity index (χ4n) is 1.06. The molecule has 2 aromatic heterocycles. The Kier molecular flexibility index (Phi) is 2.38. The summed E-state index contributed by atoms with van der Waals surface area (Å²) in [5.41, 5.74) is 2.54. The Morgan fingerprint density at radius 3 is 2.65 bits per heavy atom. The molecule has 0 aliphatic heterocycles. The number of alkyl halides is 3. The predicted molar refractivity (Wildman–Crippen MR) is 50.7 cm³/mol. The first kappa shape index (κ1) is 11.5. The van der Waals surface area contributed by atoms with Gasteiger partial charge < -0.3 is 5.73 Å². The number of aromatic nitrogens is 3. The van der Waals surface area contributed by atoms with E-state index in [2.05, 4.69) is 10.1 Å². The van der Waals surface area contributed by atoms with Crippen molar-refractivity contribution in [1.29, 1.82) is 0 Å². The van der Waals surface area contributed by atoms with Crippen molar-refractivity contribution >= 4 is 22.2 Å². The number of rotatable bonds is 1. The number of nitrogens with two attached hydrogens (primary N) is 1. The smallest absolute Gasteiger partial charge is 0.363 e. The van der Waals surface area contributed by atoms with Gasteiger partial charge in [-0.15, -0.1) is 5.10 Å². The Morgan fingerprint density at radius 1 is 1.47 bits per heavy atom. The van der Waals surface area contributed by atoms with Gasteiger partial charge in [0.1, 0.15) is 0 Å². The lowest BCUT2D eigenvalue weighted by molar-refractivity contribution is -0.141. The minimum Gasteiger partial charge on any atom is -0.363 e. The lowest BCUT2D eigenvalue weighted by atomic mass is 10.4. The summed E-state index contributed by atoms with van der Waals surface area (Å²) < 4.78 is 37.6. The van der Waals surface area contributed by atoms with Gasteiger partial charge in [-0.1, -0.05) is 11.3 Å². The normalized spacial score (nSPS) is 11.9. The van der Waals surface area contributed by atoms with Gasteiger partial charge in [0.2, 0.25) is 9.97 Å². The van der Waals surface area contributed by atoms with Crippen LogP contribution in [0.5, 0.6) is 0 Å². The van der Waals surface area contributed by atoms with Crippen LogP contribution in [0.3, 0.4) is 0 Å².